The molecule has 0 saturated carbocycles. The molecule has 3 rings (SSSR count). The molecule has 0 saturated heterocycles. The lowest BCUT2D eigenvalue weighted by Crippen LogP contribution is -2.40. The van der Waals surface area contributed by atoms with Gasteiger partial charge in [0.2, 0.25) is 5.91 Å². The van der Waals surface area contributed by atoms with E-state index in [4.69, 9.17) is 0 Å². The van der Waals surface area contributed by atoms with Gasteiger partial charge in [-0.3, -0.25) is 9.59 Å². The number of para-hydroxylation sites is 1. The number of hydrogen-bond acceptors (Lipinski definition) is 3. The van der Waals surface area contributed by atoms with E-state index >= 15 is 0 Å². The number of nitrogens with zero attached hydrogens (tertiary/aromatic N) is 1. The van der Waals surface area contributed by atoms with Crippen LogP contribution >= 0.6 is 24.0 Å². The second kappa shape index (κ2) is 13.8. The number of rotatable bonds is 9. The van der Waals surface area contributed by atoms with Gasteiger partial charge in [0.15, 0.2) is 5.96 Å². The highest BCUT2D eigenvalue weighted by Gasteiger charge is 2.24. The summed E-state index contributed by atoms with van der Waals surface area (Å²) >= 11 is 0. The number of carbonyl (C=O) groups is 2. The normalized spacial score (nSPS) is 15.0. The maximum atomic E-state index is 12.1. The minimum Gasteiger partial charge on any atom is -0.357 e. The molecule has 2 amide bonds. The molecular formula is C25H34IN5O2. The summed E-state index contributed by atoms with van der Waals surface area (Å²) < 4.78 is 0. The van der Waals surface area contributed by atoms with Crippen LogP contribution in [0.3, 0.4) is 0 Å². The molecule has 178 valence electrons. The molecule has 1 aliphatic rings. The molecule has 0 spiro atoms. The largest absolute Gasteiger partial charge is 0.357 e. The van der Waals surface area contributed by atoms with E-state index < -0.39 is 0 Å². The lowest BCUT2D eigenvalue weighted by molar-refractivity contribution is -0.116. The summed E-state index contributed by atoms with van der Waals surface area (Å²) in [6, 6.07) is 15.5. The van der Waals surface area contributed by atoms with Gasteiger partial charge in [-0.2, -0.15) is 0 Å². The monoisotopic (exact) mass is 563 g/mol. The smallest absolute Gasteiger partial charge is 0.251 e. The predicted octanol–water partition coefficient (Wildman–Crippen LogP) is 4.02. The quantitative estimate of drug-likeness (QED) is 0.161. The molecule has 8 heteroatoms. The van der Waals surface area contributed by atoms with E-state index in [0.29, 0.717) is 37.6 Å². The molecular weight excluding hydrogens is 529 g/mol. The van der Waals surface area contributed by atoms with Gasteiger partial charge < -0.3 is 21.3 Å². The molecule has 2 aromatic rings. The number of halogens is 1. The molecule has 7 nitrogen and oxygen atoms in total. The van der Waals surface area contributed by atoms with E-state index in [9.17, 15) is 9.59 Å². The Balaban J connectivity index is 0.00000385. The van der Waals surface area contributed by atoms with Gasteiger partial charge >= 0.3 is 0 Å². The number of nitrogens with one attached hydrogen (secondary N) is 4. The van der Waals surface area contributed by atoms with Crippen LogP contribution in [0.1, 0.15) is 60.5 Å². The van der Waals surface area contributed by atoms with Crippen LogP contribution in [0.2, 0.25) is 0 Å². The molecule has 0 fully saturated rings. The first-order valence-corrected chi connectivity index (χ1v) is 11.4. The van der Waals surface area contributed by atoms with Crippen molar-refractivity contribution in [2.45, 2.75) is 45.6 Å². The number of aliphatic imine (C=N–C) groups is 1. The first-order valence-electron chi connectivity index (χ1n) is 11.4. The van der Waals surface area contributed by atoms with E-state index in [-0.39, 0.29) is 41.7 Å². The van der Waals surface area contributed by atoms with Gasteiger partial charge in [0, 0.05) is 43.2 Å². The number of amides is 2. The van der Waals surface area contributed by atoms with Gasteiger partial charge in [0.25, 0.3) is 5.91 Å². The fourth-order valence-corrected chi connectivity index (χ4v) is 3.66. The Morgan fingerprint density at radius 1 is 1.06 bits per heavy atom. The SMILES string of the molecule is CCCCNC(=O)c1ccc(CN=C(NCC)NCC2CC(=O)Nc3ccccc32)cc1.I. The number of hydrogen-bond donors (Lipinski definition) is 4. The lowest BCUT2D eigenvalue weighted by Gasteiger charge is -2.26. The minimum absolute atomic E-state index is 0. The van der Waals surface area contributed by atoms with E-state index in [1.807, 2.05) is 49.4 Å². The van der Waals surface area contributed by atoms with Crippen molar-refractivity contribution in [1.82, 2.24) is 16.0 Å². The maximum absolute atomic E-state index is 12.1. The standard InChI is InChI=1S/C25H33N5O2.HI/c1-3-5-14-27-24(32)19-12-10-18(11-13-19)16-28-25(26-4-2)29-17-20-15-23(31)30-22-9-7-6-8-21(20)22;/h6-13,20H,3-5,14-17H2,1-2H3,(H,27,32)(H,30,31)(H2,26,28,29);1H. The Morgan fingerprint density at radius 2 is 1.82 bits per heavy atom. The first kappa shape index (κ1) is 26.6. The van der Waals surface area contributed by atoms with Crippen LogP contribution in [0.25, 0.3) is 0 Å². The molecule has 0 radical (unpaired) electrons. The number of unbranched alkanes of at least 4 members (excludes halogenated alkanes) is 1. The summed E-state index contributed by atoms with van der Waals surface area (Å²) in [7, 11) is 0. The molecule has 0 bridgehead atoms. The molecule has 1 aliphatic heterocycles. The summed E-state index contributed by atoms with van der Waals surface area (Å²) in [4.78, 5) is 28.9. The van der Waals surface area contributed by atoms with Gasteiger partial charge in [-0.25, -0.2) is 4.99 Å². The van der Waals surface area contributed by atoms with Crippen LogP contribution in [-0.4, -0.2) is 37.4 Å². The second-order valence-corrected chi connectivity index (χ2v) is 7.92. The zero-order valence-corrected chi connectivity index (χ0v) is 21.6. The minimum atomic E-state index is -0.0414. The van der Waals surface area contributed by atoms with Gasteiger partial charge in [-0.15, -0.1) is 24.0 Å². The molecule has 0 aliphatic carbocycles. The van der Waals surface area contributed by atoms with Crippen LogP contribution in [0.15, 0.2) is 53.5 Å². The summed E-state index contributed by atoms with van der Waals surface area (Å²) in [5.74, 6) is 0.795. The molecule has 1 unspecified atom stereocenters. The van der Waals surface area contributed by atoms with Crippen LogP contribution in [0.5, 0.6) is 0 Å². The Hall–Kier alpha value is -2.62. The van der Waals surface area contributed by atoms with Crippen molar-refractivity contribution in [3.8, 4) is 0 Å². The van der Waals surface area contributed by atoms with Gasteiger partial charge in [0.1, 0.15) is 0 Å². The Bertz CT molecular complexity index is 946. The van der Waals surface area contributed by atoms with E-state index in [2.05, 4.69) is 39.2 Å². The van der Waals surface area contributed by atoms with Crippen LogP contribution < -0.4 is 21.3 Å². The highest BCUT2D eigenvalue weighted by molar-refractivity contribution is 14.0. The van der Waals surface area contributed by atoms with Crippen molar-refractivity contribution in [3.63, 3.8) is 0 Å². The Kier molecular flexibility index (Phi) is 11.2. The maximum Gasteiger partial charge on any atom is 0.251 e. The third-order valence-corrected chi connectivity index (χ3v) is 5.42. The zero-order chi connectivity index (χ0) is 22.8. The number of guanidine groups is 1. The summed E-state index contributed by atoms with van der Waals surface area (Å²) in [5.41, 5.74) is 3.71. The fourth-order valence-electron chi connectivity index (χ4n) is 3.66. The predicted molar refractivity (Wildman–Crippen MR) is 144 cm³/mol. The topological polar surface area (TPSA) is 94.6 Å². The van der Waals surface area contributed by atoms with Crippen molar-refractivity contribution in [2.24, 2.45) is 4.99 Å². The average molecular weight is 563 g/mol. The van der Waals surface area contributed by atoms with Crippen molar-refractivity contribution >= 4 is 47.4 Å². The van der Waals surface area contributed by atoms with Crippen LogP contribution in [0.4, 0.5) is 5.69 Å². The number of fused-ring (bicyclic) bond motifs is 1. The molecule has 1 atom stereocenters. The first-order chi connectivity index (χ1) is 15.6. The Morgan fingerprint density at radius 3 is 2.55 bits per heavy atom. The van der Waals surface area contributed by atoms with Crippen molar-refractivity contribution in [1.29, 1.82) is 0 Å². The number of benzene rings is 2. The second-order valence-electron chi connectivity index (χ2n) is 7.92. The van der Waals surface area contributed by atoms with E-state index in [0.717, 1.165) is 36.2 Å². The third-order valence-electron chi connectivity index (χ3n) is 5.42. The van der Waals surface area contributed by atoms with Gasteiger partial charge in [-0.1, -0.05) is 43.7 Å². The highest BCUT2D eigenvalue weighted by atomic mass is 127. The number of anilines is 1. The van der Waals surface area contributed by atoms with E-state index in [1.165, 1.54) is 0 Å². The van der Waals surface area contributed by atoms with Crippen molar-refractivity contribution in [2.75, 3.05) is 25.0 Å². The van der Waals surface area contributed by atoms with Crippen LogP contribution in [-0.2, 0) is 11.3 Å². The van der Waals surface area contributed by atoms with Gasteiger partial charge in [0.05, 0.1) is 6.54 Å². The fraction of sp³-hybridized carbons (Fsp3) is 0.400. The highest BCUT2D eigenvalue weighted by Crippen LogP contribution is 2.31. The molecule has 0 aromatic heterocycles. The van der Waals surface area contributed by atoms with Crippen molar-refractivity contribution in [3.05, 3.63) is 65.2 Å². The van der Waals surface area contributed by atoms with Crippen LogP contribution in [0, 0.1) is 0 Å². The summed E-state index contributed by atoms with van der Waals surface area (Å²) in [6.45, 7) is 6.67. The van der Waals surface area contributed by atoms with E-state index in [1.54, 1.807) is 0 Å². The summed E-state index contributed by atoms with van der Waals surface area (Å²) in [5, 5.41) is 12.5. The summed E-state index contributed by atoms with van der Waals surface area (Å²) in [6.07, 6.45) is 2.49. The lowest BCUT2D eigenvalue weighted by atomic mass is 9.90. The Labute approximate surface area is 213 Å². The molecule has 2 aromatic carbocycles. The molecule has 1 heterocycles. The molecule has 33 heavy (non-hydrogen) atoms. The third kappa shape index (κ3) is 8.03. The number of carbonyl (C=O) groups excluding carboxylic acids is 2. The van der Waals surface area contributed by atoms with Gasteiger partial charge in [-0.05, 0) is 42.7 Å². The zero-order valence-electron chi connectivity index (χ0n) is 19.3. The molecule has 4 N–H and O–H groups in total. The average Bonchev–Trinajstić information content (AvgIpc) is 2.81. The van der Waals surface area contributed by atoms with Crippen molar-refractivity contribution < 1.29 is 9.59 Å².